The van der Waals surface area contributed by atoms with Crippen LogP contribution in [0.5, 0.6) is 0 Å². The number of nitrogens with one attached hydrogen (secondary N) is 1. The standard InChI is InChI=1S/C24H19BrN2O/c1-16-13-22(24(28)26-15-17-7-5-10-19(25)14-17)21-12-6-11-20(23(21)27-16)18-8-3-2-4-9-18/h2-14H,15H2,1H3,(H,26,28). The first-order chi connectivity index (χ1) is 13.6. The summed E-state index contributed by atoms with van der Waals surface area (Å²) >= 11 is 3.47. The molecule has 0 fully saturated rings. The van der Waals surface area contributed by atoms with Gasteiger partial charge in [0.2, 0.25) is 0 Å². The Labute approximate surface area is 172 Å². The van der Waals surface area contributed by atoms with Gasteiger partial charge in [-0.2, -0.15) is 0 Å². The molecule has 4 aromatic rings. The van der Waals surface area contributed by atoms with Gasteiger partial charge in [-0.25, -0.2) is 0 Å². The van der Waals surface area contributed by atoms with Crippen LogP contribution in [-0.4, -0.2) is 10.9 Å². The van der Waals surface area contributed by atoms with Crippen LogP contribution >= 0.6 is 15.9 Å². The molecule has 0 aliphatic rings. The van der Waals surface area contributed by atoms with Gasteiger partial charge in [0, 0.05) is 27.7 Å². The number of pyridine rings is 1. The molecule has 0 saturated heterocycles. The zero-order valence-corrected chi connectivity index (χ0v) is 17.0. The van der Waals surface area contributed by atoms with Crippen LogP contribution in [0.4, 0.5) is 0 Å². The molecule has 0 aliphatic carbocycles. The van der Waals surface area contributed by atoms with Crippen molar-refractivity contribution >= 4 is 32.7 Å². The van der Waals surface area contributed by atoms with Crippen molar-refractivity contribution < 1.29 is 4.79 Å². The number of amides is 1. The van der Waals surface area contributed by atoms with E-state index < -0.39 is 0 Å². The van der Waals surface area contributed by atoms with E-state index in [1.54, 1.807) is 0 Å². The lowest BCUT2D eigenvalue weighted by Gasteiger charge is -2.12. The zero-order valence-electron chi connectivity index (χ0n) is 15.4. The van der Waals surface area contributed by atoms with Crippen LogP contribution in [0.15, 0.2) is 83.3 Å². The summed E-state index contributed by atoms with van der Waals surface area (Å²) < 4.78 is 0.997. The number of benzene rings is 3. The van der Waals surface area contributed by atoms with Crippen molar-refractivity contribution in [3.05, 3.63) is 100 Å². The molecule has 0 radical (unpaired) electrons. The molecular formula is C24H19BrN2O. The Hall–Kier alpha value is -2.98. The van der Waals surface area contributed by atoms with Crippen LogP contribution in [0.1, 0.15) is 21.6 Å². The highest BCUT2D eigenvalue weighted by Gasteiger charge is 2.14. The average Bonchev–Trinajstić information content (AvgIpc) is 2.71. The van der Waals surface area contributed by atoms with E-state index in [4.69, 9.17) is 4.98 Å². The molecule has 138 valence electrons. The second-order valence-corrected chi connectivity index (χ2v) is 7.61. The molecule has 0 aliphatic heterocycles. The van der Waals surface area contributed by atoms with Gasteiger partial charge in [0.05, 0.1) is 11.1 Å². The number of hydrogen-bond acceptors (Lipinski definition) is 2. The molecule has 0 unspecified atom stereocenters. The highest BCUT2D eigenvalue weighted by molar-refractivity contribution is 9.10. The van der Waals surface area contributed by atoms with Crippen LogP contribution in [-0.2, 0) is 6.54 Å². The van der Waals surface area contributed by atoms with Crippen molar-refractivity contribution in [3.63, 3.8) is 0 Å². The average molecular weight is 431 g/mol. The van der Waals surface area contributed by atoms with Crippen molar-refractivity contribution in [1.29, 1.82) is 0 Å². The molecule has 0 bridgehead atoms. The fourth-order valence-corrected chi connectivity index (χ4v) is 3.79. The second kappa shape index (κ2) is 7.95. The van der Waals surface area contributed by atoms with Gasteiger partial charge in [0.1, 0.15) is 0 Å². The van der Waals surface area contributed by atoms with Gasteiger partial charge in [0.15, 0.2) is 0 Å². The summed E-state index contributed by atoms with van der Waals surface area (Å²) in [5.41, 5.74) is 5.48. The smallest absolute Gasteiger partial charge is 0.252 e. The Morgan fingerprint density at radius 1 is 0.964 bits per heavy atom. The number of nitrogens with zero attached hydrogens (tertiary/aromatic N) is 1. The van der Waals surface area contributed by atoms with Crippen LogP contribution < -0.4 is 5.32 Å². The van der Waals surface area contributed by atoms with Crippen LogP contribution in [0.25, 0.3) is 22.0 Å². The van der Waals surface area contributed by atoms with Crippen molar-refractivity contribution in [1.82, 2.24) is 10.3 Å². The number of aryl methyl sites for hydroxylation is 1. The summed E-state index contributed by atoms with van der Waals surface area (Å²) in [5, 5.41) is 3.89. The van der Waals surface area contributed by atoms with E-state index in [0.29, 0.717) is 12.1 Å². The Kier molecular flexibility index (Phi) is 5.22. The minimum atomic E-state index is -0.0966. The van der Waals surface area contributed by atoms with Crippen molar-refractivity contribution in [3.8, 4) is 11.1 Å². The summed E-state index contributed by atoms with van der Waals surface area (Å²) in [6.45, 7) is 2.39. The van der Waals surface area contributed by atoms with Gasteiger partial charge in [-0.3, -0.25) is 9.78 Å². The predicted octanol–water partition coefficient (Wildman–Crippen LogP) is 5.90. The van der Waals surface area contributed by atoms with Gasteiger partial charge in [0.25, 0.3) is 5.91 Å². The molecule has 1 N–H and O–H groups in total. The molecule has 0 spiro atoms. The zero-order chi connectivity index (χ0) is 19.5. The quantitative estimate of drug-likeness (QED) is 0.437. The van der Waals surface area contributed by atoms with Gasteiger partial charge in [-0.1, -0.05) is 76.6 Å². The fraction of sp³-hybridized carbons (Fsp3) is 0.0833. The maximum absolute atomic E-state index is 13.0. The Morgan fingerprint density at radius 2 is 1.75 bits per heavy atom. The summed E-state index contributed by atoms with van der Waals surface area (Å²) in [6.07, 6.45) is 0. The molecule has 1 heterocycles. The molecule has 0 saturated carbocycles. The lowest BCUT2D eigenvalue weighted by Crippen LogP contribution is -2.23. The molecule has 3 aromatic carbocycles. The maximum atomic E-state index is 13.0. The number of fused-ring (bicyclic) bond motifs is 1. The van der Waals surface area contributed by atoms with E-state index in [1.165, 1.54) is 0 Å². The number of para-hydroxylation sites is 1. The molecule has 1 aromatic heterocycles. The number of hydrogen-bond donors (Lipinski definition) is 1. The molecule has 0 atom stereocenters. The summed E-state index contributed by atoms with van der Waals surface area (Å²) in [5.74, 6) is -0.0966. The monoisotopic (exact) mass is 430 g/mol. The highest BCUT2D eigenvalue weighted by Crippen LogP contribution is 2.29. The first kappa shape index (κ1) is 18.4. The van der Waals surface area contributed by atoms with E-state index in [2.05, 4.69) is 33.4 Å². The third-order valence-corrected chi connectivity index (χ3v) is 5.13. The number of carbonyl (C=O) groups is 1. The Morgan fingerprint density at radius 3 is 2.54 bits per heavy atom. The molecule has 4 rings (SSSR count). The van der Waals surface area contributed by atoms with Crippen molar-refractivity contribution in [2.45, 2.75) is 13.5 Å². The third-order valence-electron chi connectivity index (χ3n) is 4.64. The number of carbonyl (C=O) groups excluding carboxylic acids is 1. The SMILES string of the molecule is Cc1cc(C(=O)NCc2cccc(Br)c2)c2cccc(-c3ccccc3)c2n1. The maximum Gasteiger partial charge on any atom is 0.252 e. The largest absolute Gasteiger partial charge is 0.348 e. The van der Waals surface area contributed by atoms with Crippen LogP contribution in [0.2, 0.25) is 0 Å². The molecular weight excluding hydrogens is 412 g/mol. The summed E-state index contributed by atoms with van der Waals surface area (Å²) in [4.78, 5) is 17.7. The first-order valence-electron chi connectivity index (χ1n) is 9.10. The van der Waals surface area contributed by atoms with Crippen LogP contribution in [0, 0.1) is 6.92 Å². The van der Waals surface area contributed by atoms with Gasteiger partial charge in [-0.05, 0) is 36.2 Å². The Bertz CT molecular complexity index is 1160. The number of rotatable bonds is 4. The molecule has 1 amide bonds. The topological polar surface area (TPSA) is 42.0 Å². The van der Waals surface area contributed by atoms with Gasteiger partial charge < -0.3 is 5.32 Å². The second-order valence-electron chi connectivity index (χ2n) is 6.69. The predicted molar refractivity (Wildman–Crippen MR) is 117 cm³/mol. The minimum absolute atomic E-state index is 0.0966. The van der Waals surface area contributed by atoms with E-state index in [-0.39, 0.29) is 5.91 Å². The van der Waals surface area contributed by atoms with Gasteiger partial charge in [-0.15, -0.1) is 0 Å². The lowest BCUT2D eigenvalue weighted by atomic mass is 9.98. The highest BCUT2D eigenvalue weighted by atomic mass is 79.9. The van der Waals surface area contributed by atoms with E-state index >= 15 is 0 Å². The van der Waals surface area contributed by atoms with Crippen molar-refractivity contribution in [2.75, 3.05) is 0 Å². The third kappa shape index (κ3) is 3.82. The first-order valence-corrected chi connectivity index (χ1v) is 9.89. The fourth-order valence-electron chi connectivity index (χ4n) is 3.34. The lowest BCUT2D eigenvalue weighted by molar-refractivity contribution is 0.0952. The van der Waals surface area contributed by atoms with E-state index in [9.17, 15) is 4.79 Å². The van der Waals surface area contributed by atoms with Gasteiger partial charge >= 0.3 is 0 Å². The molecule has 28 heavy (non-hydrogen) atoms. The summed E-state index contributed by atoms with van der Waals surface area (Å²) in [6, 6.07) is 25.9. The molecule has 4 heteroatoms. The Balaban J connectivity index is 1.72. The number of halogens is 1. The normalized spacial score (nSPS) is 10.8. The van der Waals surface area contributed by atoms with Crippen molar-refractivity contribution in [2.24, 2.45) is 0 Å². The molecule has 3 nitrogen and oxygen atoms in total. The number of aromatic nitrogens is 1. The summed E-state index contributed by atoms with van der Waals surface area (Å²) in [7, 11) is 0. The minimum Gasteiger partial charge on any atom is -0.348 e. The van der Waals surface area contributed by atoms with E-state index in [0.717, 1.165) is 37.8 Å². The van der Waals surface area contributed by atoms with Crippen LogP contribution in [0.3, 0.4) is 0 Å². The van der Waals surface area contributed by atoms with E-state index in [1.807, 2.05) is 73.7 Å².